The van der Waals surface area contributed by atoms with Crippen molar-refractivity contribution < 1.29 is 15.0 Å². The lowest BCUT2D eigenvalue weighted by Crippen LogP contribution is -2.23. The first kappa shape index (κ1) is 15.5. The maximum atomic E-state index is 11.3. The number of carboxylic acid groups (broad SMARTS) is 1. The highest BCUT2D eigenvalue weighted by molar-refractivity contribution is 5.78. The molecule has 0 radical (unpaired) electrons. The molecule has 0 aromatic heterocycles. The molecule has 0 aliphatic heterocycles. The lowest BCUT2D eigenvalue weighted by atomic mass is 9.81. The molecule has 0 amide bonds. The Labute approximate surface area is 114 Å². The molecule has 0 heterocycles. The second kappa shape index (κ2) is 5.61. The number of benzene rings is 1. The van der Waals surface area contributed by atoms with Gasteiger partial charge in [0.2, 0.25) is 0 Å². The first-order chi connectivity index (χ1) is 8.72. The van der Waals surface area contributed by atoms with E-state index in [0.29, 0.717) is 5.56 Å². The summed E-state index contributed by atoms with van der Waals surface area (Å²) in [4.78, 5) is 11.3. The molecule has 0 aliphatic carbocycles. The van der Waals surface area contributed by atoms with E-state index in [1.54, 1.807) is 6.07 Å². The van der Waals surface area contributed by atoms with E-state index in [9.17, 15) is 15.0 Å². The Morgan fingerprint density at radius 1 is 1.37 bits per heavy atom. The van der Waals surface area contributed by atoms with Gasteiger partial charge in [-0.3, -0.25) is 4.79 Å². The Balaban J connectivity index is 3.51. The Morgan fingerprint density at radius 2 is 1.95 bits per heavy atom. The van der Waals surface area contributed by atoms with Crippen molar-refractivity contribution in [3.05, 3.63) is 28.8 Å². The van der Waals surface area contributed by atoms with Crippen LogP contribution in [0.15, 0.2) is 12.1 Å². The second-order valence-corrected chi connectivity index (χ2v) is 5.81. The molecule has 0 aliphatic rings. The summed E-state index contributed by atoms with van der Waals surface area (Å²) < 4.78 is 0. The Bertz CT molecular complexity index is 475. The van der Waals surface area contributed by atoms with Crippen LogP contribution in [0.4, 0.5) is 0 Å². The average Bonchev–Trinajstić information content (AvgIpc) is 2.30. The third-order valence-electron chi connectivity index (χ3n) is 3.32. The van der Waals surface area contributed by atoms with Crippen LogP contribution in [0.1, 0.15) is 50.3 Å². The number of aryl methyl sites for hydroxylation is 1. The number of hydrogen-bond donors (Lipinski definition) is 3. The van der Waals surface area contributed by atoms with Gasteiger partial charge in [0, 0.05) is 12.1 Å². The normalized spacial score (nSPS) is 13.3. The molecule has 19 heavy (non-hydrogen) atoms. The Morgan fingerprint density at radius 3 is 2.32 bits per heavy atom. The van der Waals surface area contributed by atoms with E-state index in [1.165, 1.54) is 0 Å². The van der Waals surface area contributed by atoms with Crippen molar-refractivity contribution in [1.82, 2.24) is 0 Å². The third-order valence-corrected chi connectivity index (χ3v) is 3.32. The molecule has 1 aromatic rings. The molecule has 0 bridgehead atoms. The van der Waals surface area contributed by atoms with Crippen molar-refractivity contribution in [2.24, 2.45) is 5.73 Å². The van der Waals surface area contributed by atoms with Gasteiger partial charge in [-0.15, -0.1) is 0 Å². The van der Waals surface area contributed by atoms with E-state index in [1.807, 2.05) is 33.8 Å². The van der Waals surface area contributed by atoms with Crippen molar-refractivity contribution >= 4 is 5.97 Å². The number of carbonyl (C=O) groups is 1. The number of nitrogens with two attached hydrogens (primary N) is 1. The van der Waals surface area contributed by atoms with Crippen LogP contribution in [0.2, 0.25) is 0 Å². The van der Waals surface area contributed by atoms with Crippen molar-refractivity contribution in [2.45, 2.75) is 45.4 Å². The number of carboxylic acids is 1. The molecule has 1 aromatic carbocycles. The van der Waals surface area contributed by atoms with Crippen LogP contribution in [-0.2, 0) is 16.6 Å². The molecule has 1 atom stereocenters. The fourth-order valence-electron chi connectivity index (χ4n) is 2.12. The number of aliphatic carboxylic acids is 1. The van der Waals surface area contributed by atoms with E-state index >= 15 is 0 Å². The van der Waals surface area contributed by atoms with Crippen molar-refractivity contribution in [2.75, 3.05) is 6.54 Å². The number of phenols is 1. The first-order valence-corrected chi connectivity index (χ1v) is 6.51. The van der Waals surface area contributed by atoms with Crippen LogP contribution in [0.3, 0.4) is 0 Å². The summed E-state index contributed by atoms with van der Waals surface area (Å²) >= 11 is 0. The third kappa shape index (κ3) is 3.26. The summed E-state index contributed by atoms with van der Waals surface area (Å²) in [5.41, 5.74) is 7.48. The number of phenolic OH excluding ortho intramolecular Hbond substituents is 1. The highest BCUT2D eigenvalue weighted by Crippen LogP contribution is 2.37. The monoisotopic (exact) mass is 265 g/mol. The van der Waals surface area contributed by atoms with Gasteiger partial charge >= 0.3 is 5.97 Å². The molecule has 1 unspecified atom stereocenters. The summed E-state index contributed by atoms with van der Waals surface area (Å²) in [6.07, 6.45) is 0.785. The van der Waals surface area contributed by atoms with Gasteiger partial charge in [-0.2, -0.15) is 0 Å². The zero-order valence-electron chi connectivity index (χ0n) is 12.0. The maximum Gasteiger partial charge on any atom is 0.312 e. The van der Waals surface area contributed by atoms with Gasteiger partial charge in [0.15, 0.2) is 0 Å². The predicted octanol–water partition coefficient (Wildman–Crippen LogP) is 2.38. The minimum atomic E-state index is -1.01. The van der Waals surface area contributed by atoms with Crippen molar-refractivity contribution in [3.63, 3.8) is 0 Å². The smallest absolute Gasteiger partial charge is 0.312 e. The fourth-order valence-corrected chi connectivity index (χ4v) is 2.12. The molecule has 1 rings (SSSR count). The van der Waals surface area contributed by atoms with Gasteiger partial charge in [-0.1, -0.05) is 39.8 Å². The molecule has 0 spiro atoms. The number of rotatable bonds is 4. The summed E-state index contributed by atoms with van der Waals surface area (Å²) in [6.45, 7) is 7.94. The maximum absolute atomic E-state index is 11.3. The summed E-state index contributed by atoms with van der Waals surface area (Å²) in [6, 6.07) is 3.69. The number of aromatic hydroxyl groups is 1. The Hall–Kier alpha value is -1.55. The molecular weight excluding hydrogens is 242 g/mol. The molecule has 0 saturated heterocycles. The topological polar surface area (TPSA) is 83.6 Å². The van der Waals surface area contributed by atoms with Gasteiger partial charge in [-0.05, 0) is 23.0 Å². The zero-order chi connectivity index (χ0) is 14.8. The minimum absolute atomic E-state index is 0.0281. The summed E-state index contributed by atoms with van der Waals surface area (Å²) in [7, 11) is 0. The van der Waals surface area contributed by atoms with Crippen LogP contribution >= 0.6 is 0 Å². The Kier molecular flexibility index (Phi) is 4.58. The molecule has 4 N–H and O–H groups in total. The lowest BCUT2D eigenvalue weighted by molar-refractivity contribution is -0.138. The van der Waals surface area contributed by atoms with Crippen LogP contribution in [-0.4, -0.2) is 22.7 Å². The highest BCUT2D eigenvalue weighted by atomic mass is 16.4. The van der Waals surface area contributed by atoms with Crippen molar-refractivity contribution in [1.29, 1.82) is 0 Å². The zero-order valence-corrected chi connectivity index (χ0v) is 12.0. The van der Waals surface area contributed by atoms with E-state index in [2.05, 4.69) is 0 Å². The SMILES string of the molecule is CCc1cc(C(CN)C(=O)O)c(O)c(C(C)(C)C)c1. The average molecular weight is 265 g/mol. The van der Waals surface area contributed by atoms with E-state index in [-0.39, 0.29) is 17.7 Å². The van der Waals surface area contributed by atoms with Crippen LogP contribution in [0.25, 0.3) is 0 Å². The summed E-state index contributed by atoms with van der Waals surface area (Å²) in [5, 5.41) is 19.6. The molecule has 4 nitrogen and oxygen atoms in total. The van der Waals surface area contributed by atoms with Gasteiger partial charge in [0.25, 0.3) is 0 Å². The fraction of sp³-hybridized carbons (Fsp3) is 0.533. The van der Waals surface area contributed by atoms with Gasteiger partial charge < -0.3 is 15.9 Å². The van der Waals surface area contributed by atoms with E-state index in [0.717, 1.165) is 17.5 Å². The summed E-state index contributed by atoms with van der Waals surface area (Å²) in [5.74, 6) is -1.82. The van der Waals surface area contributed by atoms with Crippen molar-refractivity contribution in [3.8, 4) is 5.75 Å². The van der Waals surface area contributed by atoms with Crippen LogP contribution < -0.4 is 5.73 Å². The van der Waals surface area contributed by atoms with Crippen LogP contribution in [0.5, 0.6) is 5.75 Å². The standard InChI is InChI=1S/C15H23NO3/c1-5-9-6-10(11(8-16)14(18)19)13(17)12(7-9)15(2,3)4/h6-7,11,17H,5,8,16H2,1-4H3,(H,18,19). The first-order valence-electron chi connectivity index (χ1n) is 6.51. The quantitative estimate of drug-likeness (QED) is 0.780. The molecule has 106 valence electrons. The molecule has 4 heteroatoms. The molecule has 0 fully saturated rings. The predicted molar refractivity (Wildman–Crippen MR) is 75.6 cm³/mol. The number of hydrogen-bond acceptors (Lipinski definition) is 3. The minimum Gasteiger partial charge on any atom is -0.507 e. The molecule has 0 saturated carbocycles. The lowest BCUT2D eigenvalue weighted by Gasteiger charge is -2.24. The van der Waals surface area contributed by atoms with Gasteiger partial charge in [0.1, 0.15) is 5.75 Å². The molecular formula is C15H23NO3. The highest BCUT2D eigenvalue weighted by Gasteiger charge is 2.27. The second-order valence-electron chi connectivity index (χ2n) is 5.81. The van der Waals surface area contributed by atoms with Gasteiger partial charge in [0.05, 0.1) is 5.92 Å². The largest absolute Gasteiger partial charge is 0.507 e. The van der Waals surface area contributed by atoms with E-state index in [4.69, 9.17) is 5.73 Å². The van der Waals surface area contributed by atoms with Gasteiger partial charge in [-0.25, -0.2) is 0 Å². The van der Waals surface area contributed by atoms with Crippen LogP contribution in [0, 0.1) is 0 Å². The van der Waals surface area contributed by atoms with E-state index < -0.39 is 11.9 Å².